The molecule has 3 N–H and O–H groups in total. The van der Waals surface area contributed by atoms with Gasteiger partial charge in [-0.15, -0.1) is 11.3 Å². The van der Waals surface area contributed by atoms with Gasteiger partial charge in [-0.25, -0.2) is 14.2 Å². The SMILES string of the molecule is CC(C)N1CCN(CC#Cc2ccc(OCCCc3sc(N4CCc5cccc(C(=O)NC6Nc7ccccc7S6)c5C4)nc3C(=O)O)c(F)c2)CC1. The Bertz CT molecular complexity index is 2010. The molecule has 0 spiro atoms. The Labute approximate surface area is 317 Å². The lowest BCUT2D eigenvalue weighted by atomic mass is 9.94. The molecule has 1 amide bonds. The van der Waals surface area contributed by atoms with Gasteiger partial charge in [0, 0.05) is 66.2 Å². The van der Waals surface area contributed by atoms with Gasteiger partial charge in [-0.2, -0.15) is 0 Å². The van der Waals surface area contributed by atoms with Crippen LogP contribution in [0.25, 0.3) is 0 Å². The van der Waals surface area contributed by atoms with Crippen molar-refractivity contribution in [1.29, 1.82) is 0 Å². The third-order valence-corrected chi connectivity index (χ3v) is 12.0. The number of halogens is 1. The Morgan fingerprint density at radius 2 is 1.92 bits per heavy atom. The number of nitrogens with one attached hydrogen (secondary N) is 2. The number of carboxylic acid groups (broad SMARTS) is 1. The first-order chi connectivity index (χ1) is 25.7. The summed E-state index contributed by atoms with van der Waals surface area (Å²) in [6, 6.07) is 19.0. The zero-order chi connectivity index (χ0) is 36.9. The highest BCUT2D eigenvalue weighted by Gasteiger charge is 2.28. The minimum Gasteiger partial charge on any atom is -0.491 e. The van der Waals surface area contributed by atoms with Gasteiger partial charge in [0.05, 0.1) is 18.8 Å². The summed E-state index contributed by atoms with van der Waals surface area (Å²) in [5.41, 5.74) is 3.94. The number of carboxylic acids is 1. The van der Waals surface area contributed by atoms with E-state index in [-0.39, 0.29) is 29.5 Å². The van der Waals surface area contributed by atoms with E-state index in [9.17, 15) is 19.1 Å². The number of benzene rings is 3. The minimum absolute atomic E-state index is 0.0154. The summed E-state index contributed by atoms with van der Waals surface area (Å²) < 4.78 is 20.6. The average molecular weight is 755 g/mol. The van der Waals surface area contributed by atoms with Crippen LogP contribution in [-0.4, -0.2) is 89.2 Å². The smallest absolute Gasteiger partial charge is 0.355 e. The van der Waals surface area contributed by atoms with Gasteiger partial charge in [-0.3, -0.25) is 14.6 Å². The standard InChI is InChI=1S/C40H43FN6O4S2/c1-26(2)46-21-19-45(20-22-46)17-6-8-27-14-15-33(31(41)24-27)51-23-7-13-35-36(38(49)50)43-40(53-35)47-18-16-28-9-5-10-29(30(28)25-47)37(48)44-39-42-32-11-3-4-12-34(32)52-39/h3-5,9-12,14-15,24,26,39,42H,7,13,16-23,25H2,1-2H3,(H,44,48)(H,49,50). The molecule has 1 aromatic heterocycles. The summed E-state index contributed by atoms with van der Waals surface area (Å²) in [5.74, 6) is 4.65. The normalized spacial score (nSPS) is 17.1. The molecular formula is C40H43FN6O4S2. The van der Waals surface area contributed by atoms with Crippen LogP contribution >= 0.6 is 23.1 Å². The van der Waals surface area contributed by atoms with Gasteiger partial charge >= 0.3 is 5.97 Å². The van der Waals surface area contributed by atoms with Crippen molar-refractivity contribution in [2.45, 2.75) is 56.1 Å². The number of rotatable bonds is 11. The van der Waals surface area contributed by atoms with Crippen LogP contribution in [-0.2, 0) is 19.4 Å². The van der Waals surface area contributed by atoms with Crippen molar-refractivity contribution >= 4 is 45.8 Å². The first-order valence-electron chi connectivity index (χ1n) is 18.0. The van der Waals surface area contributed by atoms with E-state index in [2.05, 4.69) is 51.1 Å². The molecule has 10 nitrogen and oxygen atoms in total. The molecule has 0 saturated carbocycles. The van der Waals surface area contributed by atoms with Crippen molar-refractivity contribution in [1.82, 2.24) is 20.1 Å². The molecule has 0 radical (unpaired) electrons. The molecule has 4 heterocycles. The van der Waals surface area contributed by atoms with Crippen LogP contribution in [0.15, 0.2) is 65.6 Å². The number of anilines is 2. The number of fused-ring (bicyclic) bond motifs is 2. The summed E-state index contributed by atoms with van der Waals surface area (Å²) in [7, 11) is 0. The number of amides is 1. The third kappa shape index (κ3) is 8.79. The number of hydrogen-bond acceptors (Lipinski definition) is 10. The van der Waals surface area contributed by atoms with E-state index in [1.54, 1.807) is 23.9 Å². The van der Waals surface area contributed by atoms with Gasteiger partial charge in [-0.05, 0) is 80.6 Å². The summed E-state index contributed by atoms with van der Waals surface area (Å²) in [4.78, 5) is 38.8. The molecule has 1 unspecified atom stereocenters. The largest absolute Gasteiger partial charge is 0.491 e. The lowest BCUT2D eigenvalue weighted by molar-refractivity contribution is 0.0689. The molecular weight excluding hydrogens is 712 g/mol. The number of carbonyl (C=O) groups excluding carboxylic acids is 1. The van der Waals surface area contributed by atoms with E-state index < -0.39 is 11.8 Å². The average Bonchev–Trinajstić information content (AvgIpc) is 3.78. The highest BCUT2D eigenvalue weighted by Crippen LogP contribution is 2.37. The number of aryl methyl sites for hydroxylation is 1. The van der Waals surface area contributed by atoms with Crippen LogP contribution < -0.4 is 20.3 Å². The Morgan fingerprint density at radius 3 is 2.70 bits per heavy atom. The predicted octanol–water partition coefficient (Wildman–Crippen LogP) is 6.16. The molecule has 1 fully saturated rings. The summed E-state index contributed by atoms with van der Waals surface area (Å²) in [6.45, 7) is 10.4. The van der Waals surface area contributed by atoms with Crippen molar-refractivity contribution < 1.29 is 23.8 Å². The number of thiazole rings is 1. The van der Waals surface area contributed by atoms with Crippen LogP contribution in [0.4, 0.5) is 15.2 Å². The van der Waals surface area contributed by atoms with E-state index in [1.807, 2.05) is 47.4 Å². The van der Waals surface area contributed by atoms with Gasteiger partial charge in [-0.1, -0.05) is 47.9 Å². The number of para-hydroxylation sites is 1. The molecule has 3 aliphatic heterocycles. The molecule has 0 bridgehead atoms. The quantitative estimate of drug-likeness (QED) is 0.122. The van der Waals surface area contributed by atoms with Gasteiger partial charge in [0.15, 0.2) is 27.9 Å². The highest BCUT2D eigenvalue weighted by atomic mass is 32.2. The number of nitrogens with zero attached hydrogens (tertiary/aromatic N) is 4. The Balaban J connectivity index is 0.927. The number of aromatic carboxylic acids is 1. The number of ether oxygens (including phenoxy) is 1. The van der Waals surface area contributed by atoms with Crippen molar-refractivity contribution in [3.8, 4) is 17.6 Å². The van der Waals surface area contributed by atoms with Gasteiger partial charge in [0.1, 0.15) is 0 Å². The van der Waals surface area contributed by atoms with Crippen LogP contribution in [0.5, 0.6) is 5.75 Å². The third-order valence-electron chi connectivity index (χ3n) is 9.77. The monoisotopic (exact) mass is 754 g/mol. The maximum Gasteiger partial charge on any atom is 0.355 e. The zero-order valence-electron chi connectivity index (χ0n) is 29.9. The lowest BCUT2D eigenvalue weighted by Crippen LogP contribution is -2.48. The summed E-state index contributed by atoms with van der Waals surface area (Å²) in [6.07, 6.45) is 1.61. The highest BCUT2D eigenvalue weighted by molar-refractivity contribution is 8.00. The molecule has 7 rings (SSSR count). The second-order valence-corrected chi connectivity index (χ2v) is 15.8. The van der Waals surface area contributed by atoms with Gasteiger partial charge in [0.2, 0.25) is 0 Å². The maximum atomic E-state index is 14.9. The second-order valence-electron chi connectivity index (χ2n) is 13.6. The molecule has 53 heavy (non-hydrogen) atoms. The molecule has 3 aromatic carbocycles. The van der Waals surface area contributed by atoms with Crippen molar-refractivity contribution in [3.05, 3.63) is 99.3 Å². The van der Waals surface area contributed by atoms with E-state index in [1.165, 1.54) is 17.4 Å². The molecule has 0 aliphatic carbocycles. The molecule has 1 saturated heterocycles. The molecule has 1 atom stereocenters. The van der Waals surface area contributed by atoms with E-state index in [4.69, 9.17) is 4.74 Å². The Kier molecular flexibility index (Phi) is 11.5. The topological polar surface area (TPSA) is 110 Å². The van der Waals surface area contributed by atoms with Crippen LogP contribution in [0.3, 0.4) is 0 Å². The van der Waals surface area contributed by atoms with Gasteiger partial charge in [0.25, 0.3) is 5.91 Å². The van der Waals surface area contributed by atoms with Crippen LogP contribution in [0.1, 0.15) is 62.7 Å². The fourth-order valence-electron chi connectivity index (χ4n) is 6.82. The van der Waals surface area contributed by atoms with E-state index in [0.717, 1.165) is 47.9 Å². The second kappa shape index (κ2) is 16.6. The predicted molar refractivity (Wildman–Crippen MR) is 208 cm³/mol. The lowest BCUT2D eigenvalue weighted by Gasteiger charge is -2.36. The fourth-order valence-corrected chi connectivity index (χ4v) is 8.95. The number of carbonyl (C=O) groups is 2. The zero-order valence-corrected chi connectivity index (χ0v) is 31.5. The fraction of sp³-hybridized carbons (Fsp3) is 0.375. The van der Waals surface area contributed by atoms with Crippen LogP contribution in [0, 0.1) is 17.7 Å². The molecule has 13 heteroatoms. The summed E-state index contributed by atoms with van der Waals surface area (Å²) >= 11 is 2.91. The first kappa shape index (κ1) is 36.7. The number of hydrogen-bond donors (Lipinski definition) is 3. The van der Waals surface area contributed by atoms with Crippen molar-refractivity contribution in [3.63, 3.8) is 0 Å². The van der Waals surface area contributed by atoms with Crippen molar-refractivity contribution in [2.24, 2.45) is 0 Å². The van der Waals surface area contributed by atoms with E-state index >= 15 is 0 Å². The maximum absolute atomic E-state index is 14.9. The van der Waals surface area contributed by atoms with E-state index in [0.29, 0.717) is 66.1 Å². The first-order valence-corrected chi connectivity index (χ1v) is 19.7. The summed E-state index contributed by atoms with van der Waals surface area (Å²) in [5, 5.41) is 17.0. The molecule has 3 aliphatic rings. The Morgan fingerprint density at radius 1 is 1.09 bits per heavy atom. The number of aromatic nitrogens is 1. The van der Waals surface area contributed by atoms with Crippen molar-refractivity contribution in [2.75, 3.05) is 56.1 Å². The van der Waals surface area contributed by atoms with Crippen LogP contribution in [0.2, 0.25) is 0 Å². The Hall–Kier alpha value is -4.61. The number of thioether (sulfide) groups is 1. The minimum atomic E-state index is -1.09. The molecule has 276 valence electrons. The van der Waals surface area contributed by atoms with Gasteiger partial charge < -0.3 is 25.4 Å². The molecule has 4 aromatic rings. The number of piperazine rings is 1.